The smallest absolute Gasteiger partial charge is 0.113 e. The van der Waals surface area contributed by atoms with Crippen molar-refractivity contribution in [2.45, 2.75) is 0 Å². The average molecular weight is 157 g/mol. The maximum Gasteiger partial charge on any atom is 0.113 e. The van der Waals surface area contributed by atoms with Crippen LogP contribution in [0, 0.1) is 0 Å². The van der Waals surface area contributed by atoms with Gasteiger partial charge in [-0.15, -0.1) is 0 Å². The van der Waals surface area contributed by atoms with E-state index in [4.69, 9.17) is 7.85 Å². The van der Waals surface area contributed by atoms with Gasteiger partial charge in [-0.05, 0) is 11.6 Å². The van der Waals surface area contributed by atoms with Gasteiger partial charge in [0, 0.05) is 19.8 Å². The lowest BCUT2D eigenvalue weighted by atomic mass is 9.94. The summed E-state index contributed by atoms with van der Waals surface area (Å²) in [5, 5.41) is 0. The van der Waals surface area contributed by atoms with Gasteiger partial charge >= 0.3 is 0 Å². The van der Waals surface area contributed by atoms with Crippen LogP contribution in [0.5, 0.6) is 0 Å². The maximum absolute atomic E-state index is 5.66. The molecule has 0 amide bonds. The average Bonchev–Trinajstić information content (AvgIpc) is 2.04. The van der Waals surface area contributed by atoms with Crippen LogP contribution in [0.25, 0.3) is 6.08 Å². The van der Waals surface area contributed by atoms with Gasteiger partial charge in [0.15, 0.2) is 0 Å². The van der Waals surface area contributed by atoms with E-state index in [1.807, 2.05) is 43.3 Å². The molecule has 0 aliphatic carbocycles. The van der Waals surface area contributed by atoms with E-state index in [2.05, 4.69) is 6.58 Å². The second kappa shape index (κ2) is 3.48. The van der Waals surface area contributed by atoms with E-state index in [1.165, 1.54) is 0 Å². The fraction of sp³-hybridized carbons (Fsp3) is 0.200. The molecule has 1 aromatic carbocycles. The lowest BCUT2D eigenvalue weighted by molar-refractivity contribution is 1.13. The van der Waals surface area contributed by atoms with Crippen LogP contribution in [0.2, 0.25) is 0 Å². The quantitative estimate of drug-likeness (QED) is 0.582. The molecule has 0 aliphatic rings. The fourth-order valence-electron chi connectivity index (χ4n) is 1.12. The minimum absolute atomic E-state index is 0.782. The minimum atomic E-state index is 0.782. The molecule has 60 valence electrons. The molecule has 0 unspecified atom stereocenters. The molecule has 12 heavy (non-hydrogen) atoms. The Labute approximate surface area is 75.1 Å². The van der Waals surface area contributed by atoms with E-state index in [1.54, 1.807) is 0 Å². The van der Waals surface area contributed by atoms with Gasteiger partial charge in [0.2, 0.25) is 0 Å². The van der Waals surface area contributed by atoms with Crippen molar-refractivity contribution in [2.24, 2.45) is 0 Å². The Kier molecular flexibility index (Phi) is 2.59. The Bertz CT molecular complexity index is 292. The highest BCUT2D eigenvalue weighted by molar-refractivity contribution is 6.32. The summed E-state index contributed by atoms with van der Waals surface area (Å²) >= 11 is 0. The first-order valence-corrected chi connectivity index (χ1v) is 3.84. The molecule has 0 aliphatic heterocycles. The number of hydrogen-bond acceptors (Lipinski definition) is 1. The largest absolute Gasteiger partial charge is 0.377 e. The zero-order chi connectivity index (χ0) is 9.14. The molecule has 0 aromatic heterocycles. The topological polar surface area (TPSA) is 3.24 Å². The normalized spacial score (nSPS) is 9.50. The summed E-state index contributed by atoms with van der Waals surface area (Å²) in [7, 11) is 9.63. The van der Waals surface area contributed by atoms with Crippen molar-refractivity contribution in [1.29, 1.82) is 0 Å². The van der Waals surface area contributed by atoms with Crippen molar-refractivity contribution in [1.82, 2.24) is 0 Å². The predicted octanol–water partition coefficient (Wildman–Crippen LogP) is 1.19. The number of anilines is 1. The third-order valence-corrected chi connectivity index (χ3v) is 1.76. The van der Waals surface area contributed by atoms with Gasteiger partial charge in [-0.2, -0.15) is 0 Å². The molecule has 0 saturated carbocycles. The highest BCUT2D eigenvalue weighted by atomic mass is 15.1. The highest BCUT2D eigenvalue weighted by Crippen LogP contribution is 2.16. The minimum Gasteiger partial charge on any atom is -0.377 e. The third kappa shape index (κ3) is 1.70. The van der Waals surface area contributed by atoms with Gasteiger partial charge in [-0.3, -0.25) is 0 Å². The molecule has 1 aromatic rings. The third-order valence-electron chi connectivity index (χ3n) is 1.76. The van der Waals surface area contributed by atoms with Crippen LogP contribution >= 0.6 is 0 Å². The van der Waals surface area contributed by atoms with Gasteiger partial charge in [0.05, 0.1) is 0 Å². The van der Waals surface area contributed by atoms with Gasteiger partial charge in [0.25, 0.3) is 0 Å². The molecule has 2 radical (unpaired) electrons. The summed E-state index contributed by atoms with van der Waals surface area (Å²) in [6.07, 6.45) is 1.83. The first-order chi connectivity index (χ1) is 5.65. The molecule has 0 spiro atoms. The maximum atomic E-state index is 5.66. The lowest BCUT2D eigenvalue weighted by Gasteiger charge is -2.16. The molecule has 1 nitrogen and oxygen atoms in total. The van der Waals surface area contributed by atoms with E-state index in [0.717, 1.165) is 16.7 Å². The predicted molar refractivity (Wildman–Crippen MR) is 56.2 cm³/mol. The summed E-state index contributed by atoms with van der Waals surface area (Å²) in [6, 6.07) is 5.79. The molecular weight excluding hydrogens is 145 g/mol. The van der Waals surface area contributed by atoms with Gasteiger partial charge in [-0.1, -0.05) is 30.3 Å². The van der Waals surface area contributed by atoms with E-state index in [-0.39, 0.29) is 0 Å². The molecule has 0 N–H and O–H groups in total. The molecule has 0 atom stereocenters. The summed E-state index contributed by atoms with van der Waals surface area (Å²) < 4.78 is 0. The second-order valence-corrected chi connectivity index (χ2v) is 2.92. The number of benzene rings is 1. The van der Waals surface area contributed by atoms with E-state index < -0.39 is 0 Å². The van der Waals surface area contributed by atoms with Crippen molar-refractivity contribution in [3.8, 4) is 0 Å². The molecule has 2 heteroatoms. The van der Waals surface area contributed by atoms with Gasteiger partial charge in [0.1, 0.15) is 7.85 Å². The molecule has 0 bridgehead atoms. The van der Waals surface area contributed by atoms with Crippen LogP contribution in [0.3, 0.4) is 0 Å². The van der Waals surface area contributed by atoms with Crippen molar-refractivity contribution in [3.63, 3.8) is 0 Å². The summed E-state index contributed by atoms with van der Waals surface area (Å²) in [5.41, 5.74) is 2.99. The molecular formula is C10H12BN. The Morgan fingerprint density at radius 1 is 1.42 bits per heavy atom. The van der Waals surface area contributed by atoms with Crippen LogP contribution in [0.1, 0.15) is 5.56 Å². The second-order valence-electron chi connectivity index (χ2n) is 2.92. The van der Waals surface area contributed by atoms with Crippen LogP contribution in [0.4, 0.5) is 5.69 Å². The van der Waals surface area contributed by atoms with Crippen LogP contribution < -0.4 is 10.4 Å². The van der Waals surface area contributed by atoms with Crippen molar-refractivity contribution in [2.75, 3.05) is 19.0 Å². The number of hydrogen-bond donors (Lipinski definition) is 0. The van der Waals surface area contributed by atoms with Crippen LogP contribution in [0.15, 0.2) is 24.8 Å². The molecule has 1 rings (SSSR count). The van der Waals surface area contributed by atoms with Crippen LogP contribution in [-0.4, -0.2) is 21.9 Å². The van der Waals surface area contributed by atoms with E-state index >= 15 is 0 Å². The zero-order valence-electron chi connectivity index (χ0n) is 7.54. The first-order valence-electron chi connectivity index (χ1n) is 3.84. The Balaban J connectivity index is 3.21. The van der Waals surface area contributed by atoms with Crippen LogP contribution in [-0.2, 0) is 0 Å². The Hall–Kier alpha value is -1.18. The van der Waals surface area contributed by atoms with Gasteiger partial charge in [-0.25, -0.2) is 0 Å². The standard InChI is InChI=1S/C10H12BN/c1-4-8-5-6-9(11)7-10(8)12(2)3/h4-7H,1H2,2-3H3. The van der Waals surface area contributed by atoms with Gasteiger partial charge < -0.3 is 4.90 Å². The van der Waals surface area contributed by atoms with Crippen molar-refractivity contribution < 1.29 is 0 Å². The van der Waals surface area contributed by atoms with Crippen molar-refractivity contribution in [3.05, 3.63) is 30.3 Å². The monoisotopic (exact) mass is 157 g/mol. The first kappa shape index (κ1) is 8.92. The number of nitrogens with zero attached hydrogens (tertiary/aromatic N) is 1. The zero-order valence-corrected chi connectivity index (χ0v) is 7.54. The van der Waals surface area contributed by atoms with E-state index in [9.17, 15) is 0 Å². The Morgan fingerprint density at radius 2 is 2.08 bits per heavy atom. The van der Waals surface area contributed by atoms with E-state index in [0.29, 0.717) is 0 Å². The highest BCUT2D eigenvalue weighted by Gasteiger charge is 2.00. The summed E-state index contributed by atoms with van der Waals surface area (Å²) in [5.74, 6) is 0. The fourth-order valence-corrected chi connectivity index (χ4v) is 1.12. The number of rotatable bonds is 2. The molecule has 0 saturated heterocycles. The van der Waals surface area contributed by atoms with Crippen molar-refractivity contribution >= 4 is 25.1 Å². The summed E-state index contributed by atoms with van der Waals surface area (Å²) in [4.78, 5) is 2.02. The summed E-state index contributed by atoms with van der Waals surface area (Å²) in [6.45, 7) is 3.74. The Morgan fingerprint density at radius 3 is 2.58 bits per heavy atom. The molecule has 0 fully saturated rings. The lowest BCUT2D eigenvalue weighted by Crippen LogP contribution is -2.13. The molecule has 0 heterocycles. The SMILES string of the molecule is [B]c1ccc(C=C)c(N(C)C)c1.